The van der Waals surface area contributed by atoms with Crippen LogP contribution in [0.5, 0.6) is 0 Å². The predicted octanol–water partition coefficient (Wildman–Crippen LogP) is 4.93. The van der Waals surface area contributed by atoms with Crippen molar-refractivity contribution < 1.29 is 14.0 Å². The maximum Gasteiger partial charge on any atom is 0.251 e. The summed E-state index contributed by atoms with van der Waals surface area (Å²) in [4.78, 5) is 30.8. The summed E-state index contributed by atoms with van der Waals surface area (Å²) < 4.78 is 15.2. The summed E-state index contributed by atoms with van der Waals surface area (Å²) in [7, 11) is 1.57. The van der Waals surface area contributed by atoms with Gasteiger partial charge in [0.25, 0.3) is 5.91 Å². The van der Waals surface area contributed by atoms with Gasteiger partial charge in [0, 0.05) is 60.7 Å². The van der Waals surface area contributed by atoms with Gasteiger partial charge < -0.3 is 10.2 Å². The molecule has 4 aromatic rings. The summed E-state index contributed by atoms with van der Waals surface area (Å²) in [6.45, 7) is 1.58. The maximum absolute atomic E-state index is 13.5. The van der Waals surface area contributed by atoms with Crippen molar-refractivity contribution in [2.24, 2.45) is 0 Å². The van der Waals surface area contributed by atoms with E-state index < -0.39 is 0 Å². The van der Waals surface area contributed by atoms with Gasteiger partial charge in [-0.15, -0.1) is 0 Å². The molecule has 0 spiro atoms. The third-order valence-electron chi connectivity index (χ3n) is 6.37. The van der Waals surface area contributed by atoms with Crippen molar-refractivity contribution in [1.82, 2.24) is 25.0 Å². The third-order valence-corrected chi connectivity index (χ3v) is 6.59. The highest BCUT2D eigenvalue weighted by Crippen LogP contribution is 2.29. The highest BCUT2D eigenvalue weighted by Gasteiger charge is 2.22. The molecule has 1 aliphatic heterocycles. The predicted molar refractivity (Wildman–Crippen MR) is 139 cm³/mol. The lowest BCUT2D eigenvalue weighted by molar-refractivity contribution is -0.128. The number of aromatic nitrogens is 3. The van der Waals surface area contributed by atoms with E-state index >= 15 is 0 Å². The molecule has 1 fully saturated rings. The minimum atomic E-state index is -0.313. The van der Waals surface area contributed by atoms with Crippen molar-refractivity contribution in [2.45, 2.75) is 25.9 Å². The molecule has 0 aliphatic carbocycles. The molecule has 2 aromatic carbocycles. The number of hydrogen-bond donors (Lipinski definition) is 1. The summed E-state index contributed by atoms with van der Waals surface area (Å²) in [5.74, 6) is -0.393. The normalized spacial score (nSPS) is 13.3. The van der Waals surface area contributed by atoms with E-state index in [1.54, 1.807) is 48.3 Å². The largest absolute Gasteiger partial charge is 0.355 e. The lowest BCUT2D eigenvalue weighted by Gasteiger charge is -2.18. The van der Waals surface area contributed by atoms with E-state index in [1.807, 2.05) is 23.2 Å². The fraction of sp³-hybridized carbons (Fsp3) is 0.214. The lowest BCUT2D eigenvalue weighted by atomic mass is 10.0. The first-order valence-corrected chi connectivity index (χ1v) is 12.4. The number of pyridine rings is 1. The van der Waals surface area contributed by atoms with Crippen molar-refractivity contribution in [3.05, 3.63) is 94.5 Å². The van der Waals surface area contributed by atoms with E-state index in [0.29, 0.717) is 35.8 Å². The number of nitrogens with one attached hydrogen (secondary N) is 1. The van der Waals surface area contributed by atoms with Gasteiger partial charge in [0.05, 0.1) is 17.9 Å². The number of amides is 2. The number of benzene rings is 2. The first-order valence-electron chi connectivity index (χ1n) is 12.0. The minimum Gasteiger partial charge on any atom is -0.355 e. The third kappa shape index (κ3) is 5.54. The molecule has 5 rings (SSSR count). The molecule has 0 unspecified atom stereocenters. The molecule has 0 bridgehead atoms. The molecule has 2 aromatic heterocycles. The molecular weight excluding hydrogens is 493 g/mol. The average molecular weight is 518 g/mol. The Labute approximate surface area is 218 Å². The Balaban J connectivity index is 1.48. The standard InChI is InChI=1S/C28H25ClFN5O2/c1-31-28(37)20-11-18(12-22(29)13-20)16-35-10-8-25(33-35)24-14-26(19-4-6-23(30)7-5-19)32-15-21(24)17-34-9-2-3-27(34)36/h4-8,10-15H,2-3,9,16-17H2,1H3,(H,31,37). The van der Waals surface area contributed by atoms with Gasteiger partial charge in [-0.2, -0.15) is 5.10 Å². The Morgan fingerprint density at radius 1 is 1.08 bits per heavy atom. The Hall–Kier alpha value is -4.04. The number of halogens is 2. The second-order valence-corrected chi connectivity index (χ2v) is 9.41. The van der Waals surface area contributed by atoms with Crippen LogP contribution >= 0.6 is 11.6 Å². The van der Waals surface area contributed by atoms with E-state index in [-0.39, 0.29) is 17.6 Å². The molecule has 0 saturated carbocycles. The summed E-state index contributed by atoms with van der Waals surface area (Å²) in [6, 6.07) is 15.2. The van der Waals surface area contributed by atoms with Crippen molar-refractivity contribution in [2.75, 3.05) is 13.6 Å². The highest BCUT2D eigenvalue weighted by molar-refractivity contribution is 6.31. The fourth-order valence-electron chi connectivity index (χ4n) is 4.50. The van der Waals surface area contributed by atoms with Crippen LogP contribution in [0.4, 0.5) is 4.39 Å². The molecular formula is C28H25ClFN5O2. The Morgan fingerprint density at radius 3 is 2.62 bits per heavy atom. The number of carbonyl (C=O) groups excluding carboxylic acids is 2. The first kappa shape index (κ1) is 24.6. The summed E-state index contributed by atoms with van der Waals surface area (Å²) in [5, 5.41) is 7.87. The fourth-order valence-corrected chi connectivity index (χ4v) is 4.76. The van der Waals surface area contributed by atoms with Gasteiger partial charge in [-0.05, 0) is 72.1 Å². The molecule has 0 radical (unpaired) electrons. The van der Waals surface area contributed by atoms with E-state index in [0.717, 1.165) is 40.9 Å². The van der Waals surface area contributed by atoms with Crippen LogP contribution in [0.2, 0.25) is 5.02 Å². The van der Waals surface area contributed by atoms with Crippen LogP contribution in [0.3, 0.4) is 0 Å². The average Bonchev–Trinajstić information content (AvgIpc) is 3.52. The summed E-state index contributed by atoms with van der Waals surface area (Å²) in [6.07, 6.45) is 5.04. The molecule has 1 N–H and O–H groups in total. The molecule has 1 saturated heterocycles. The van der Waals surface area contributed by atoms with Gasteiger partial charge in [0.1, 0.15) is 5.82 Å². The van der Waals surface area contributed by atoms with Crippen LogP contribution in [0, 0.1) is 5.82 Å². The van der Waals surface area contributed by atoms with Crippen LogP contribution in [0.25, 0.3) is 22.5 Å². The SMILES string of the molecule is CNC(=O)c1cc(Cl)cc(Cn2ccc(-c3cc(-c4ccc(F)cc4)ncc3CN3CCCC3=O)n2)c1. The van der Waals surface area contributed by atoms with Gasteiger partial charge in [-0.3, -0.25) is 19.3 Å². The zero-order chi connectivity index (χ0) is 25.9. The Bertz CT molecular complexity index is 1470. The quantitative estimate of drug-likeness (QED) is 0.377. The zero-order valence-electron chi connectivity index (χ0n) is 20.2. The van der Waals surface area contributed by atoms with E-state index in [9.17, 15) is 14.0 Å². The molecule has 1 aliphatic rings. The van der Waals surface area contributed by atoms with Crippen LogP contribution in [0.15, 0.2) is 67.0 Å². The molecule has 37 heavy (non-hydrogen) atoms. The smallest absolute Gasteiger partial charge is 0.251 e. The van der Waals surface area contributed by atoms with E-state index in [1.165, 1.54) is 12.1 Å². The number of carbonyl (C=O) groups is 2. The molecule has 188 valence electrons. The Kier molecular flexibility index (Phi) is 7.01. The monoisotopic (exact) mass is 517 g/mol. The number of nitrogens with zero attached hydrogens (tertiary/aromatic N) is 4. The maximum atomic E-state index is 13.5. The second kappa shape index (κ2) is 10.5. The zero-order valence-corrected chi connectivity index (χ0v) is 21.0. The highest BCUT2D eigenvalue weighted by atomic mass is 35.5. The van der Waals surface area contributed by atoms with Gasteiger partial charge >= 0.3 is 0 Å². The van der Waals surface area contributed by atoms with Crippen molar-refractivity contribution in [3.63, 3.8) is 0 Å². The van der Waals surface area contributed by atoms with Gasteiger partial charge in [-0.25, -0.2) is 4.39 Å². The first-order chi connectivity index (χ1) is 17.9. The van der Waals surface area contributed by atoms with Crippen molar-refractivity contribution in [1.29, 1.82) is 0 Å². The van der Waals surface area contributed by atoms with Gasteiger partial charge in [0.15, 0.2) is 0 Å². The number of likely N-dealkylation sites (tertiary alicyclic amines) is 1. The molecule has 7 nitrogen and oxygen atoms in total. The van der Waals surface area contributed by atoms with Crippen molar-refractivity contribution >= 4 is 23.4 Å². The number of hydrogen-bond acceptors (Lipinski definition) is 4. The molecule has 0 atom stereocenters. The topological polar surface area (TPSA) is 80.1 Å². The minimum absolute atomic E-state index is 0.131. The van der Waals surface area contributed by atoms with Crippen LogP contribution in [-0.4, -0.2) is 45.1 Å². The molecule has 9 heteroatoms. The molecule has 2 amide bonds. The van der Waals surface area contributed by atoms with E-state index in [4.69, 9.17) is 16.7 Å². The summed E-state index contributed by atoms with van der Waals surface area (Å²) >= 11 is 6.25. The second-order valence-electron chi connectivity index (χ2n) is 8.98. The van der Waals surface area contributed by atoms with Gasteiger partial charge in [0.2, 0.25) is 5.91 Å². The van der Waals surface area contributed by atoms with Gasteiger partial charge in [-0.1, -0.05) is 11.6 Å². The molecule has 3 heterocycles. The van der Waals surface area contributed by atoms with Crippen LogP contribution in [0.1, 0.15) is 34.3 Å². The summed E-state index contributed by atoms with van der Waals surface area (Å²) in [5.41, 5.74) is 5.25. The Morgan fingerprint density at radius 2 is 1.89 bits per heavy atom. The van der Waals surface area contributed by atoms with Crippen molar-refractivity contribution in [3.8, 4) is 22.5 Å². The van der Waals surface area contributed by atoms with Crippen LogP contribution in [-0.2, 0) is 17.9 Å². The number of rotatable bonds is 7. The lowest BCUT2D eigenvalue weighted by Crippen LogP contribution is -2.24. The van der Waals surface area contributed by atoms with Crippen LogP contribution < -0.4 is 5.32 Å². The van der Waals surface area contributed by atoms with E-state index in [2.05, 4.69) is 10.3 Å².